The van der Waals surface area contributed by atoms with Crippen LogP contribution in [0.15, 0.2) is 36.4 Å². The minimum absolute atomic E-state index is 0.683. The maximum absolute atomic E-state index is 5.62. The third-order valence-electron chi connectivity index (χ3n) is 2.97. The van der Waals surface area contributed by atoms with Gasteiger partial charge < -0.3 is 10.1 Å². The Morgan fingerprint density at radius 2 is 1.89 bits per heavy atom. The van der Waals surface area contributed by atoms with E-state index in [-0.39, 0.29) is 0 Å². The first-order valence-corrected chi connectivity index (χ1v) is 6.59. The molecular formula is C16H20N2O. The number of nitrogens with one attached hydrogen (secondary N) is 1. The van der Waals surface area contributed by atoms with Crippen molar-refractivity contribution < 1.29 is 4.74 Å². The van der Waals surface area contributed by atoms with E-state index in [0.717, 1.165) is 34.9 Å². The largest absolute Gasteiger partial charge is 0.494 e. The van der Waals surface area contributed by atoms with Gasteiger partial charge in [-0.25, -0.2) is 0 Å². The summed E-state index contributed by atoms with van der Waals surface area (Å²) in [7, 11) is 0. The summed E-state index contributed by atoms with van der Waals surface area (Å²) in [6.45, 7) is 7.44. The SMILES string of the molecule is CCOc1ccccc1CNc1ccc(C)nc1C. The molecule has 1 N–H and O–H groups in total. The zero-order valence-electron chi connectivity index (χ0n) is 11.7. The first-order valence-electron chi connectivity index (χ1n) is 6.59. The molecule has 0 unspecified atom stereocenters. The summed E-state index contributed by atoms with van der Waals surface area (Å²) in [5, 5.41) is 3.41. The molecule has 0 saturated carbocycles. The Morgan fingerprint density at radius 3 is 2.63 bits per heavy atom. The molecule has 3 heteroatoms. The van der Waals surface area contributed by atoms with Gasteiger partial charge in [0.15, 0.2) is 0 Å². The second-order valence-corrected chi connectivity index (χ2v) is 4.48. The number of aryl methyl sites for hydroxylation is 2. The number of nitrogens with zero attached hydrogens (tertiary/aromatic N) is 1. The van der Waals surface area contributed by atoms with E-state index in [4.69, 9.17) is 4.74 Å². The fourth-order valence-corrected chi connectivity index (χ4v) is 2.01. The van der Waals surface area contributed by atoms with Crippen molar-refractivity contribution in [2.75, 3.05) is 11.9 Å². The van der Waals surface area contributed by atoms with Crippen LogP contribution in [0.25, 0.3) is 0 Å². The average Bonchev–Trinajstić information content (AvgIpc) is 2.40. The summed E-state index contributed by atoms with van der Waals surface area (Å²) in [5.41, 5.74) is 4.29. The Kier molecular flexibility index (Phi) is 4.39. The van der Waals surface area contributed by atoms with Crippen molar-refractivity contribution in [2.45, 2.75) is 27.3 Å². The van der Waals surface area contributed by atoms with Crippen molar-refractivity contribution in [2.24, 2.45) is 0 Å². The summed E-state index contributed by atoms with van der Waals surface area (Å²) in [6.07, 6.45) is 0. The number of aromatic nitrogens is 1. The molecule has 19 heavy (non-hydrogen) atoms. The van der Waals surface area contributed by atoms with E-state index < -0.39 is 0 Å². The zero-order valence-corrected chi connectivity index (χ0v) is 11.7. The van der Waals surface area contributed by atoms with Crippen LogP contribution in [-0.2, 0) is 6.54 Å². The highest BCUT2D eigenvalue weighted by Crippen LogP contribution is 2.20. The lowest BCUT2D eigenvalue weighted by Crippen LogP contribution is -2.05. The minimum atomic E-state index is 0.683. The molecule has 2 aromatic rings. The lowest BCUT2D eigenvalue weighted by atomic mass is 10.2. The quantitative estimate of drug-likeness (QED) is 0.885. The molecule has 1 heterocycles. The molecule has 0 spiro atoms. The van der Waals surface area contributed by atoms with E-state index in [1.807, 2.05) is 45.0 Å². The number of pyridine rings is 1. The number of hydrogen-bond donors (Lipinski definition) is 1. The van der Waals surface area contributed by atoms with Gasteiger partial charge in [-0.1, -0.05) is 18.2 Å². The number of ether oxygens (including phenoxy) is 1. The highest BCUT2D eigenvalue weighted by Gasteiger charge is 2.04. The van der Waals surface area contributed by atoms with E-state index in [1.54, 1.807) is 0 Å². The number of anilines is 1. The first kappa shape index (κ1) is 13.4. The van der Waals surface area contributed by atoms with E-state index in [1.165, 1.54) is 0 Å². The van der Waals surface area contributed by atoms with E-state index in [2.05, 4.69) is 22.4 Å². The Balaban J connectivity index is 2.10. The number of para-hydroxylation sites is 1. The van der Waals surface area contributed by atoms with Crippen LogP contribution < -0.4 is 10.1 Å². The molecule has 0 atom stereocenters. The average molecular weight is 256 g/mol. The normalized spacial score (nSPS) is 10.3. The molecule has 0 amide bonds. The second-order valence-electron chi connectivity index (χ2n) is 4.48. The third kappa shape index (κ3) is 3.47. The van der Waals surface area contributed by atoms with Gasteiger partial charge in [-0.3, -0.25) is 4.98 Å². The molecule has 100 valence electrons. The van der Waals surface area contributed by atoms with Gasteiger partial charge in [0.1, 0.15) is 5.75 Å². The molecule has 0 bridgehead atoms. The predicted octanol–water partition coefficient (Wildman–Crippen LogP) is 3.71. The van der Waals surface area contributed by atoms with Crippen molar-refractivity contribution in [3.63, 3.8) is 0 Å². The smallest absolute Gasteiger partial charge is 0.124 e. The molecule has 0 fully saturated rings. The molecule has 1 aromatic carbocycles. The van der Waals surface area contributed by atoms with Crippen LogP contribution in [0.5, 0.6) is 5.75 Å². The summed E-state index contributed by atoms with van der Waals surface area (Å²) in [4.78, 5) is 4.45. The molecule has 0 saturated heterocycles. The Morgan fingerprint density at radius 1 is 1.11 bits per heavy atom. The zero-order chi connectivity index (χ0) is 13.7. The predicted molar refractivity (Wildman–Crippen MR) is 78.6 cm³/mol. The van der Waals surface area contributed by atoms with E-state index in [9.17, 15) is 0 Å². The summed E-state index contributed by atoms with van der Waals surface area (Å²) >= 11 is 0. The minimum Gasteiger partial charge on any atom is -0.494 e. The van der Waals surface area contributed by atoms with Crippen LogP contribution >= 0.6 is 0 Å². The molecule has 2 rings (SSSR count). The van der Waals surface area contributed by atoms with E-state index in [0.29, 0.717) is 6.61 Å². The fourth-order valence-electron chi connectivity index (χ4n) is 2.01. The van der Waals surface area contributed by atoms with Crippen molar-refractivity contribution >= 4 is 5.69 Å². The van der Waals surface area contributed by atoms with Gasteiger partial charge in [0.25, 0.3) is 0 Å². The van der Waals surface area contributed by atoms with Gasteiger partial charge in [-0.2, -0.15) is 0 Å². The maximum atomic E-state index is 5.62. The molecule has 0 aliphatic rings. The van der Waals surface area contributed by atoms with Gasteiger partial charge in [-0.15, -0.1) is 0 Å². The standard InChI is InChI=1S/C16H20N2O/c1-4-19-16-8-6-5-7-14(16)11-17-15-10-9-12(2)18-13(15)3/h5-10,17H,4,11H2,1-3H3. The van der Waals surface area contributed by atoms with Crippen LogP contribution in [0.3, 0.4) is 0 Å². The molecular weight excluding hydrogens is 236 g/mol. The molecule has 1 aromatic heterocycles. The van der Waals surface area contributed by atoms with Crippen molar-refractivity contribution in [1.82, 2.24) is 4.98 Å². The monoisotopic (exact) mass is 256 g/mol. The molecule has 3 nitrogen and oxygen atoms in total. The Bertz CT molecular complexity index is 552. The van der Waals surface area contributed by atoms with Gasteiger partial charge in [0.2, 0.25) is 0 Å². The Labute approximate surface area is 114 Å². The molecule has 0 aliphatic heterocycles. The first-order chi connectivity index (χ1) is 9.20. The van der Waals surface area contributed by atoms with Gasteiger partial charge >= 0.3 is 0 Å². The van der Waals surface area contributed by atoms with Gasteiger partial charge in [0, 0.05) is 17.8 Å². The van der Waals surface area contributed by atoms with E-state index >= 15 is 0 Å². The number of rotatable bonds is 5. The maximum Gasteiger partial charge on any atom is 0.124 e. The summed E-state index contributed by atoms with van der Waals surface area (Å²) < 4.78 is 5.62. The lowest BCUT2D eigenvalue weighted by Gasteiger charge is -2.13. The fraction of sp³-hybridized carbons (Fsp3) is 0.312. The van der Waals surface area contributed by atoms with Crippen LogP contribution in [0.1, 0.15) is 23.9 Å². The van der Waals surface area contributed by atoms with Crippen LogP contribution in [0.2, 0.25) is 0 Å². The van der Waals surface area contributed by atoms with Crippen molar-refractivity contribution in [3.8, 4) is 5.75 Å². The second kappa shape index (κ2) is 6.23. The van der Waals surface area contributed by atoms with Crippen molar-refractivity contribution in [3.05, 3.63) is 53.3 Å². The lowest BCUT2D eigenvalue weighted by molar-refractivity contribution is 0.337. The van der Waals surface area contributed by atoms with Crippen LogP contribution in [-0.4, -0.2) is 11.6 Å². The topological polar surface area (TPSA) is 34.1 Å². The van der Waals surface area contributed by atoms with Gasteiger partial charge in [0.05, 0.1) is 18.0 Å². The highest BCUT2D eigenvalue weighted by atomic mass is 16.5. The van der Waals surface area contributed by atoms with Crippen LogP contribution in [0.4, 0.5) is 5.69 Å². The summed E-state index contributed by atoms with van der Waals surface area (Å²) in [5.74, 6) is 0.940. The third-order valence-corrected chi connectivity index (χ3v) is 2.97. The van der Waals surface area contributed by atoms with Gasteiger partial charge in [-0.05, 0) is 39.0 Å². The number of benzene rings is 1. The summed E-state index contributed by atoms with van der Waals surface area (Å²) in [6, 6.07) is 12.2. The van der Waals surface area contributed by atoms with Crippen LogP contribution in [0, 0.1) is 13.8 Å². The number of hydrogen-bond acceptors (Lipinski definition) is 3. The Hall–Kier alpha value is -2.03. The van der Waals surface area contributed by atoms with Crippen molar-refractivity contribution in [1.29, 1.82) is 0 Å². The molecule has 0 radical (unpaired) electrons. The highest BCUT2D eigenvalue weighted by molar-refractivity contribution is 5.49. The molecule has 0 aliphatic carbocycles.